The lowest BCUT2D eigenvalue weighted by Gasteiger charge is -2.35. The van der Waals surface area contributed by atoms with Crippen molar-refractivity contribution in [3.05, 3.63) is 35.9 Å². The molecule has 0 bridgehead atoms. The van der Waals surface area contributed by atoms with Gasteiger partial charge in [-0.1, -0.05) is 30.3 Å². The van der Waals surface area contributed by atoms with Crippen LogP contribution in [0.4, 0.5) is 0 Å². The van der Waals surface area contributed by atoms with Crippen LogP contribution < -0.4 is 0 Å². The van der Waals surface area contributed by atoms with Crippen molar-refractivity contribution in [3.8, 4) is 0 Å². The van der Waals surface area contributed by atoms with E-state index in [1.54, 1.807) is 6.92 Å². The van der Waals surface area contributed by atoms with Gasteiger partial charge in [-0.2, -0.15) is 0 Å². The molecule has 1 fully saturated rings. The third-order valence-corrected chi connectivity index (χ3v) is 3.71. The standard InChI is InChI=1S/C16H24N2O3/c1-14(19)18-9-7-17(8-10-18)11-16(20)13-21-12-15-5-3-2-4-6-15/h2-6,16,20H,7-13H2,1H3. The number of hydrogen-bond donors (Lipinski definition) is 1. The van der Waals surface area contributed by atoms with Gasteiger partial charge in [0.2, 0.25) is 5.91 Å². The number of piperazine rings is 1. The molecule has 1 aliphatic rings. The molecule has 1 amide bonds. The molecule has 0 aromatic heterocycles. The molecule has 1 unspecified atom stereocenters. The molecule has 2 rings (SSSR count). The van der Waals surface area contributed by atoms with Crippen LogP contribution >= 0.6 is 0 Å². The number of rotatable bonds is 6. The lowest BCUT2D eigenvalue weighted by atomic mass is 10.2. The number of hydrogen-bond acceptors (Lipinski definition) is 4. The van der Waals surface area contributed by atoms with Gasteiger partial charge in [-0.15, -0.1) is 0 Å². The Morgan fingerprint density at radius 2 is 1.90 bits per heavy atom. The largest absolute Gasteiger partial charge is 0.389 e. The Morgan fingerprint density at radius 1 is 1.24 bits per heavy atom. The molecule has 1 heterocycles. The van der Waals surface area contributed by atoms with Crippen LogP contribution in [0.1, 0.15) is 12.5 Å². The van der Waals surface area contributed by atoms with Crippen molar-refractivity contribution in [1.82, 2.24) is 9.80 Å². The van der Waals surface area contributed by atoms with E-state index in [1.807, 2.05) is 35.2 Å². The molecule has 0 saturated carbocycles. The molecule has 1 N–H and O–H groups in total. The summed E-state index contributed by atoms with van der Waals surface area (Å²) in [4.78, 5) is 15.3. The van der Waals surface area contributed by atoms with Crippen LogP contribution in [-0.4, -0.2) is 66.2 Å². The third kappa shape index (κ3) is 5.46. The van der Waals surface area contributed by atoms with E-state index >= 15 is 0 Å². The predicted molar refractivity (Wildman–Crippen MR) is 80.8 cm³/mol. The zero-order valence-corrected chi connectivity index (χ0v) is 12.6. The number of aliphatic hydroxyl groups excluding tert-OH is 1. The van der Waals surface area contributed by atoms with Gasteiger partial charge in [-0.3, -0.25) is 9.69 Å². The summed E-state index contributed by atoms with van der Waals surface area (Å²) in [5, 5.41) is 10.0. The van der Waals surface area contributed by atoms with Crippen LogP contribution in [0.25, 0.3) is 0 Å². The zero-order valence-electron chi connectivity index (χ0n) is 12.6. The first-order valence-electron chi connectivity index (χ1n) is 7.43. The van der Waals surface area contributed by atoms with E-state index in [9.17, 15) is 9.90 Å². The SMILES string of the molecule is CC(=O)N1CCN(CC(O)COCc2ccccc2)CC1. The maximum Gasteiger partial charge on any atom is 0.219 e. The minimum atomic E-state index is -0.488. The molecule has 21 heavy (non-hydrogen) atoms. The van der Waals surface area contributed by atoms with E-state index in [0.717, 1.165) is 31.7 Å². The first-order valence-corrected chi connectivity index (χ1v) is 7.43. The minimum absolute atomic E-state index is 0.126. The fourth-order valence-corrected chi connectivity index (χ4v) is 2.48. The van der Waals surface area contributed by atoms with Crippen molar-refractivity contribution in [1.29, 1.82) is 0 Å². The van der Waals surface area contributed by atoms with Gasteiger partial charge in [0.25, 0.3) is 0 Å². The van der Waals surface area contributed by atoms with Gasteiger partial charge in [0.1, 0.15) is 0 Å². The average Bonchev–Trinajstić information content (AvgIpc) is 2.49. The van der Waals surface area contributed by atoms with E-state index < -0.39 is 6.10 Å². The zero-order chi connectivity index (χ0) is 15.1. The molecular formula is C16H24N2O3. The number of β-amino-alcohol motifs (C(OH)–C–C–N with tert-alkyl or cyclic N) is 1. The summed E-state index contributed by atoms with van der Waals surface area (Å²) in [6.45, 7) is 6.17. The van der Waals surface area contributed by atoms with Gasteiger partial charge in [-0.05, 0) is 5.56 Å². The number of aliphatic hydroxyl groups is 1. The third-order valence-electron chi connectivity index (χ3n) is 3.71. The Balaban J connectivity index is 1.62. The van der Waals surface area contributed by atoms with Crippen LogP contribution in [0.5, 0.6) is 0 Å². The first-order chi connectivity index (χ1) is 10.1. The molecule has 116 valence electrons. The average molecular weight is 292 g/mol. The maximum atomic E-state index is 11.2. The van der Waals surface area contributed by atoms with E-state index in [-0.39, 0.29) is 5.91 Å². The molecule has 1 atom stereocenters. The molecule has 0 aliphatic carbocycles. The van der Waals surface area contributed by atoms with E-state index in [0.29, 0.717) is 19.8 Å². The van der Waals surface area contributed by atoms with Crippen molar-refractivity contribution in [2.45, 2.75) is 19.6 Å². The Kier molecular flexibility index (Phi) is 6.17. The second-order valence-corrected chi connectivity index (χ2v) is 5.46. The van der Waals surface area contributed by atoms with Crippen LogP contribution in [0.3, 0.4) is 0 Å². The number of nitrogens with zero attached hydrogens (tertiary/aromatic N) is 2. The Morgan fingerprint density at radius 3 is 2.52 bits per heavy atom. The van der Waals surface area contributed by atoms with Crippen molar-refractivity contribution >= 4 is 5.91 Å². The highest BCUT2D eigenvalue weighted by molar-refractivity contribution is 5.73. The molecule has 5 nitrogen and oxygen atoms in total. The fraction of sp³-hybridized carbons (Fsp3) is 0.562. The van der Waals surface area contributed by atoms with Crippen LogP contribution in [-0.2, 0) is 16.1 Å². The Hall–Kier alpha value is -1.43. The Labute approximate surface area is 126 Å². The lowest BCUT2D eigenvalue weighted by molar-refractivity contribution is -0.130. The van der Waals surface area contributed by atoms with Gasteiger partial charge in [0.05, 0.1) is 19.3 Å². The van der Waals surface area contributed by atoms with Crippen molar-refractivity contribution < 1.29 is 14.6 Å². The molecule has 1 aliphatic heterocycles. The van der Waals surface area contributed by atoms with E-state index in [1.165, 1.54) is 0 Å². The van der Waals surface area contributed by atoms with Crippen molar-refractivity contribution in [2.75, 3.05) is 39.3 Å². The second-order valence-electron chi connectivity index (χ2n) is 5.46. The van der Waals surface area contributed by atoms with Gasteiger partial charge in [0, 0.05) is 39.6 Å². The molecule has 1 aromatic rings. The topological polar surface area (TPSA) is 53.0 Å². The normalized spacial score (nSPS) is 17.7. The maximum absolute atomic E-state index is 11.2. The summed E-state index contributed by atoms with van der Waals surface area (Å²) in [6.07, 6.45) is -0.488. The highest BCUT2D eigenvalue weighted by Crippen LogP contribution is 2.05. The summed E-state index contributed by atoms with van der Waals surface area (Å²) < 4.78 is 5.54. The van der Waals surface area contributed by atoms with Crippen LogP contribution in [0, 0.1) is 0 Å². The van der Waals surface area contributed by atoms with E-state index in [2.05, 4.69) is 4.90 Å². The summed E-state index contributed by atoms with van der Waals surface area (Å²) in [7, 11) is 0. The van der Waals surface area contributed by atoms with Gasteiger partial charge < -0.3 is 14.7 Å². The molecule has 0 spiro atoms. The summed E-state index contributed by atoms with van der Waals surface area (Å²) in [6, 6.07) is 9.94. The Bertz CT molecular complexity index is 430. The highest BCUT2D eigenvalue weighted by Gasteiger charge is 2.20. The fourth-order valence-electron chi connectivity index (χ4n) is 2.48. The predicted octanol–water partition coefficient (Wildman–Crippen LogP) is 0.728. The number of ether oxygens (including phenoxy) is 1. The first kappa shape index (κ1) is 15.9. The van der Waals surface area contributed by atoms with Crippen LogP contribution in [0.2, 0.25) is 0 Å². The van der Waals surface area contributed by atoms with Crippen LogP contribution in [0.15, 0.2) is 30.3 Å². The quantitative estimate of drug-likeness (QED) is 0.840. The minimum Gasteiger partial charge on any atom is -0.389 e. The number of benzene rings is 1. The van der Waals surface area contributed by atoms with Gasteiger partial charge in [-0.25, -0.2) is 0 Å². The second kappa shape index (κ2) is 8.12. The number of carbonyl (C=O) groups excluding carboxylic acids is 1. The molecule has 1 saturated heterocycles. The van der Waals surface area contributed by atoms with Gasteiger partial charge >= 0.3 is 0 Å². The highest BCUT2D eigenvalue weighted by atomic mass is 16.5. The lowest BCUT2D eigenvalue weighted by Crippen LogP contribution is -2.50. The summed E-state index contributed by atoms with van der Waals surface area (Å²) in [5.41, 5.74) is 1.11. The van der Waals surface area contributed by atoms with Gasteiger partial charge in [0.15, 0.2) is 0 Å². The van der Waals surface area contributed by atoms with E-state index in [4.69, 9.17) is 4.74 Å². The van der Waals surface area contributed by atoms with Crippen molar-refractivity contribution in [3.63, 3.8) is 0 Å². The number of amides is 1. The number of carbonyl (C=O) groups is 1. The monoisotopic (exact) mass is 292 g/mol. The molecular weight excluding hydrogens is 268 g/mol. The molecule has 0 radical (unpaired) electrons. The summed E-state index contributed by atoms with van der Waals surface area (Å²) >= 11 is 0. The van der Waals surface area contributed by atoms with Crippen molar-refractivity contribution in [2.24, 2.45) is 0 Å². The molecule has 1 aromatic carbocycles. The molecule has 5 heteroatoms. The smallest absolute Gasteiger partial charge is 0.219 e. The summed E-state index contributed by atoms with van der Waals surface area (Å²) in [5.74, 6) is 0.126.